The molecule has 1 aliphatic rings. The molecule has 1 aliphatic heterocycles. The third-order valence-corrected chi connectivity index (χ3v) is 4.79. The van der Waals surface area contributed by atoms with Crippen LogP contribution in [0.5, 0.6) is 0 Å². The number of hydrogen-bond acceptors (Lipinski definition) is 3. The number of nitrogens with zero attached hydrogens (tertiary/aromatic N) is 2. The van der Waals surface area contributed by atoms with Gasteiger partial charge in [-0.25, -0.2) is 0 Å². The lowest BCUT2D eigenvalue weighted by atomic mass is 9.81. The van der Waals surface area contributed by atoms with E-state index in [4.69, 9.17) is 5.73 Å². The van der Waals surface area contributed by atoms with Crippen LogP contribution < -0.4 is 5.73 Å². The van der Waals surface area contributed by atoms with Gasteiger partial charge in [-0.15, -0.1) is 12.4 Å². The number of amides is 2. The first-order chi connectivity index (χ1) is 9.91. The van der Waals surface area contributed by atoms with Crippen LogP contribution in [0.15, 0.2) is 0 Å². The molecule has 0 unspecified atom stereocenters. The van der Waals surface area contributed by atoms with E-state index >= 15 is 0 Å². The van der Waals surface area contributed by atoms with E-state index in [-0.39, 0.29) is 30.1 Å². The Morgan fingerprint density at radius 2 is 1.55 bits per heavy atom. The van der Waals surface area contributed by atoms with Crippen molar-refractivity contribution in [3.63, 3.8) is 0 Å². The zero-order valence-corrected chi connectivity index (χ0v) is 15.2. The molecule has 5 nitrogen and oxygen atoms in total. The van der Waals surface area contributed by atoms with E-state index in [1.165, 1.54) is 0 Å². The first-order valence-corrected chi connectivity index (χ1v) is 8.20. The summed E-state index contributed by atoms with van der Waals surface area (Å²) in [5, 5.41) is 0. The first-order valence-electron chi connectivity index (χ1n) is 8.20. The SMILES string of the molecule is CCC(CC)(CN)C(=O)N1CCCN(C(=O)C(C)C)CC1.Cl. The summed E-state index contributed by atoms with van der Waals surface area (Å²) in [6, 6.07) is 0. The minimum atomic E-state index is -0.433. The van der Waals surface area contributed by atoms with Crippen LogP contribution >= 0.6 is 12.4 Å². The largest absolute Gasteiger partial charge is 0.341 e. The molecule has 0 radical (unpaired) electrons. The van der Waals surface area contributed by atoms with Gasteiger partial charge in [0.25, 0.3) is 0 Å². The molecule has 0 saturated carbocycles. The molecule has 6 heteroatoms. The van der Waals surface area contributed by atoms with Gasteiger partial charge >= 0.3 is 0 Å². The summed E-state index contributed by atoms with van der Waals surface area (Å²) in [7, 11) is 0. The zero-order valence-electron chi connectivity index (χ0n) is 14.4. The summed E-state index contributed by atoms with van der Waals surface area (Å²) in [5.74, 6) is 0.357. The molecule has 0 aromatic rings. The van der Waals surface area contributed by atoms with Crippen molar-refractivity contribution in [2.45, 2.75) is 47.0 Å². The number of nitrogens with two attached hydrogens (primary N) is 1. The second kappa shape index (κ2) is 9.36. The van der Waals surface area contributed by atoms with E-state index in [0.717, 1.165) is 32.4 Å². The summed E-state index contributed by atoms with van der Waals surface area (Å²) in [5.41, 5.74) is 5.45. The van der Waals surface area contributed by atoms with Crippen molar-refractivity contribution in [3.8, 4) is 0 Å². The Hall–Kier alpha value is -0.810. The highest BCUT2D eigenvalue weighted by Gasteiger charge is 2.37. The number of rotatable bonds is 5. The first kappa shape index (κ1) is 21.2. The molecule has 0 spiro atoms. The van der Waals surface area contributed by atoms with Gasteiger partial charge in [-0.1, -0.05) is 27.7 Å². The van der Waals surface area contributed by atoms with Crippen molar-refractivity contribution in [2.24, 2.45) is 17.1 Å². The molecule has 0 aromatic carbocycles. The molecule has 0 bridgehead atoms. The van der Waals surface area contributed by atoms with Crippen LogP contribution in [-0.2, 0) is 9.59 Å². The molecule has 0 aliphatic carbocycles. The molecule has 0 atom stereocenters. The highest BCUT2D eigenvalue weighted by atomic mass is 35.5. The smallest absolute Gasteiger partial charge is 0.230 e. The summed E-state index contributed by atoms with van der Waals surface area (Å²) < 4.78 is 0. The van der Waals surface area contributed by atoms with Crippen LogP contribution in [-0.4, -0.2) is 54.3 Å². The van der Waals surface area contributed by atoms with Crippen LogP contribution in [0, 0.1) is 11.3 Å². The van der Waals surface area contributed by atoms with E-state index in [1.807, 2.05) is 37.5 Å². The lowest BCUT2D eigenvalue weighted by Gasteiger charge is -2.34. The lowest BCUT2D eigenvalue weighted by molar-refractivity contribution is -0.142. The van der Waals surface area contributed by atoms with Gasteiger partial charge < -0.3 is 15.5 Å². The number of halogens is 1. The van der Waals surface area contributed by atoms with Crippen LogP contribution in [0.25, 0.3) is 0 Å². The van der Waals surface area contributed by atoms with Crippen molar-refractivity contribution >= 4 is 24.2 Å². The molecule has 22 heavy (non-hydrogen) atoms. The van der Waals surface area contributed by atoms with E-state index in [0.29, 0.717) is 19.6 Å². The fraction of sp³-hybridized carbons (Fsp3) is 0.875. The predicted octanol–water partition coefficient (Wildman–Crippen LogP) is 1.89. The Labute approximate surface area is 141 Å². The van der Waals surface area contributed by atoms with Gasteiger partial charge in [0.05, 0.1) is 5.41 Å². The second-order valence-electron chi connectivity index (χ2n) is 6.32. The Bertz CT molecular complexity index is 362. The van der Waals surface area contributed by atoms with Crippen molar-refractivity contribution in [1.82, 2.24) is 9.80 Å². The zero-order chi connectivity index (χ0) is 16.0. The maximum absolute atomic E-state index is 12.8. The van der Waals surface area contributed by atoms with E-state index in [9.17, 15) is 9.59 Å². The molecule has 2 amide bonds. The second-order valence-corrected chi connectivity index (χ2v) is 6.32. The van der Waals surface area contributed by atoms with Gasteiger partial charge in [-0.3, -0.25) is 9.59 Å². The summed E-state index contributed by atoms with van der Waals surface area (Å²) >= 11 is 0. The van der Waals surface area contributed by atoms with E-state index < -0.39 is 5.41 Å². The van der Waals surface area contributed by atoms with Gasteiger partial charge in [0, 0.05) is 38.6 Å². The Kier molecular flexibility index (Phi) is 9.01. The maximum Gasteiger partial charge on any atom is 0.230 e. The quantitative estimate of drug-likeness (QED) is 0.835. The topological polar surface area (TPSA) is 66.6 Å². The minimum Gasteiger partial charge on any atom is -0.341 e. The molecule has 1 heterocycles. The van der Waals surface area contributed by atoms with Gasteiger partial charge in [-0.2, -0.15) is 0 Å². The fourth-order valence-corrected chi connectivity index (χ4v) is 2.97. The number of carbonyl (C=O) groups is 2. The van der Waals surface area contributed by atoms with Crippen LogP contribution in [0.1, 0.15) is 47.0 Å². The van der Waals surface area contributed by atoms with Crippen molar-refractivity contribution in [1.29, 1.82) is 0 Å². The van der Waals surface area contributed by atoms with Gasteiger partial charge in [0.2, 0.25) is 11.8 Å². The highest BCUT2D eigenvalue weighted by Crippen LogP contribution is 2.28. The summed E-state index contributed by atoms with van der Waals surface area (Å²) in [6.07, 6.45) is 2.38. The maximum atomic E-state index is 12.8. The fourth-order valence-electron chi connectivity index (χ4n) is 2.97. The minimum absolute atomic E-state index is 0. The molecule has 130 valence electrons. The third-order valence-electron chi connectivity index (χ3n) is 4.79. The van der Waals surface area contributed by atoms with Crippen LogP contribution in [0.2, 0.25) is 0 Å². The molecule has 2 N–H and O–H groups in total. The lowest BCUT2D eigenvalue weighted by Crippen LogP contribution is -2.49. The van der Waals surface area contributed by atoms with Crippen molar-refractivity contribution < 1.29 is 9.59 Å². The molecular weight excluding hydrogens is 302 g/mol. The predicted molar refractivity (Wildman–Crippen MR) is 91.9 cm³/mol. The van der Waals surface area contributed by atoms with Crippen LogP contribution in [0.4, 0.5) is 0 Å². The number of hydrogen-bond donors (Lipinski definition) is 1. The van der Waals surface area contributed by atoms with Crippen LogP contribution in [0.3, 0.4) is 0 Å². The summed E-state index contributed by atoms with van der Waals surface area (Å²) in [4.78, 5) is 28.7. The van der Waals surface area contributed by atoms with Crippen molar-refractivity contribution in [2.75, 3.05) is 32.7 Å². The molecule has 1 fully saturated rings. The van der Waals surface area contributed by atoms with Gasteiger partial charge in [0.15, 0.2) is 0 Å². The average Bonchev–Trinajstić information content (AvgIpc) is 2.74. The van der Waals surface area contributed by atoms with Gasteiger partial charge in [0.1, 0.15) is 0 Å². The third kappa shape index (κ3) is 4.59. The molecule has 1 saturated heterocycles. The monoisotopic (exact) mass is 333 g/mol. The average molecular weight is 334 g/mol. The molecular formula is C16H32ClN3O2. The standard InChI is InChI=1S/C16H31N3O2.ClH/c1-5-16(6-2,12-17)15(21)19-9-7-8-18(10-11-19)14(20)13(3)4;/h13H,5-12,17H2,1-4H3;1H. The van der Waals surface area contributed by atoms with Crippen molar-refractivity contribution in [3.05, 3.63) is 0 Å². The highest BCUT2D eigenvalue weighted by molar-refractivity contribution is 5.85. The summed E-state index contributed by atoms with van der Waals surface area (Å²) in [6.45, 7) is 11.0. The number of carbonyl (C=O) groups excluding carboxylic acids is 2. The molecule has 1 rings (SSSR count). The van der Waals surface area contributed by atoms with E-state index in [1.54, 1.807) is 0 Å². The van der Waals surface area contributed by atoms with E-state index in [2.05, 4.69) is 0 Å². The Morgan fingerprint density at radius 1 is 1.05 bits per heavy atom. The normalized spacial score (nSPS) is 16.3. The molecule has 0 aromatic heterocycles. The Morgan fingerprint density at radius 3 is 2.00 bits per heavy atom. The Balaban J connectivity index is 0.00000441. The van der Waals surface area contributed by atoms with Gasteiger partial charge in [-0.05, 0) is 19.3 Å².